The van der Waals surface area contributed by atoms with Gasteiger partial charge in [0.15, 0.2) is 0 Å². The highest BCUT2D eigenvalue weighted by Crippen LogP contribution is 2.37. The first-order valence-electron chi connectivity index (χ1n) is 7.47. The summed E-state index contributed by atoms with van der Waals surface area (Å²) in [5, 5.41) is 9.32. The van der Waals surface area contributed by atoms with Crippen LogP contribution >= 0.6 is 0 Å². The zero-order chi connectivity index (χ0) is 15.3. The van der Waals surface area contributed by atoms with E-state index in [9.17, 15) is 13.5 Å². The van der Waals surface area contributed by atoms with Crippen LogP contribution < -0.4 is 4.72 Å². The predicted molar refractivity (Wildman–Crippen MR) is 79.5 cm³/mol. The molecule has 0 amide bonds. The highest BCUT2D eigenvalue weighted by atomic mass is 32.2. The Bertz CT molecular complexity index is 549. The minimum absolute atomic E-state index is 0.142. The van der Waals surface area contributed by atoms with Gasteiger partial charge in [-0.25, -0.2) is 13.1 Å². The zero-order valence-corrected chi connectivity index (χ0v) is 13.2. The van der Waals surface area contributed by atoms with Crippen molar-refractivity contribution in [3.8, 4) is 0 Å². The van der Waals surface area contributed by atoms with Crippen molar-refractivity contribution in [2.45, 2.75) is 50.2 Å². The first-order valence-corrected chi connectivity index (χ1v) is 8.96. The summed E-state index contributed by atoms with van der Waals surface area (Å²) in [4.78, 5) is 0.230. The predicted octanol–water partition coefficient (Wildman–Crippen LogP) is 1.41. The van der Waals surface area contributed by atoms with E-state index in [1.807, 2.05) is 11.5 Å². The number of nitrogens with one attached hydrogen (secondary N) is 1. The molecule has 1 aromatic heterocycles. The molecule has 2 N–H and O–H groups in total. The van der Waals surface area contributed by atoms with Gasteiger partial charge in [-0.1, -0.05) is 6.92 Å². The molecular weight excluding hydrogens is 292 g/mol. The SMILES string of the molecule is CCCOCCCNS(=O)(=O)c1cc(CO)n(C2CC2)c1. The van der Waals surface area contributed by atoms with Crippen molar-refractivity contribution in [2.24, 2.45) is 0 Å². The second-order valence-corrected chi connectivity index (χ2v) is 7.09. The highest BCUT2D eigenvalue weighted by Gasteiger charge is 2.27. The Hall–Kier alpha value is -0.890. The van der Waals surface area contributed by atoms with Crippen molar-refractivity contribution in [3.63, 3.8) is 0 Å². The Morgan fingerprint density at radius 3 is 2.81 bits per heavy atom. The first-order chi connectivity index (χ1) is 10.1. The van der Waals surface area contributed by atoms with Crippen molar-refractivity contribution in [1.29, 1.82) is 0 Å². The van der Waals surface area contributed by atoms with Crippen LogP contribution in [0.2, 0.25) is 0 Å². The third-order valence-corrected chi connectivity index (χ3v) is 4.85. The highest BCUT2D eigenvalue weighted by molar-refractivity contribution is 7.89. The van der Waals surface area contributed by atoms with Gasteiger partial charge in [-0.2, -0.15) is 0 Å². The number of sulfonamides is 1. The van der Waals surface area contributed by atoms with E-state index in [0.29, 0.717) is 37.9 Å². The smallest absolute Gasteiger partial charge is 0.242 e. The maximum Gasteiger partial charge on any atom is 0.242 e. The molecule has 1 fully saturated rings. The van der Waals surface area contributed by atoms with Crippen LogP contribution in [0, 0.1) is 0 Å². The van der Waals surface area contributed by atoms with Crippen LogP contribution in [0.15, 0.2) is 17.2 Å². The standard InChI is InChI=1S/C14H24N2O4S/c1-2-7-20-8-3-6-15-21(18,19)14-9-13(11-17)16(10-14)12-4-5-12/h9-10,12,15,17H,2-8,11H2,1H3. The van der Waals surface area contributed by atoms with Gasteiger partial charge in [0.05, 0.1) is 11.5 Å². The van der Waals surface area contributed by atoms with Gasteiger partial charge < -0.3 is 14.4 Å². The molecule has 1 aliphatic rings. The molecule has 0 aliphatic heterocycles. The summed E-state index contributed by atoms with van der Waals surface area (Å²) in [6.45, 7) is 3.51. The van der Waals surface area contributed by atoms with Crippen LogP contribution in [0.1, 0.15) is 44.3 Å². The molecule has 1 saturated carbocycles. The lowest BCUT2D eigenvalue weighted by atomic mass is 10.4. The van der Waals surface area contributed by atoms with Gasteiger partial charge in [0.1, 0.15) is 0 Å². The Balaban J connectivity index is 1.90. The second kappa shape index (κ2) is 7.40. The normalized spacial score (nSPS) is 15.5. The lowest BCUT2D eigenvalue weighted by Gasteiger charge is -2.05. The molecule has 120 valence electrons. The van der Waals surface area contributed by atoms with E-state index in [0.717, 1.165) is 19.3 Å². The fraction of sp³-hybridized carbons (Fsp3) is 0.714. The molecule has 2 rings (SSSR count). The molecule has 1 heterocycles. The number of rotatable bonds is 10. The molecule has 0 spiro atoms. The fourth-order valence-electron chi connectivity index (χ4n) is 2.17. The number of aliphatic hydroxyl groups excluding tert-OH is 1. The van der Waals surface area contributed by atoms with Crippen LogP contribution in [0.5, 0.6) is 0 Å². The summed E-state index contributed by atoms with van der Waals surface area (Å²) in [6.07, 6.45) is 5.33. The van der Waals surface area contributed by atoms with Crippen LogP contribution in [0.25, 0.3) is 0 Å². The fourth-order valence-corrected chi connectivity index (χ4v) is 3.30. The van der Waals surface area contributed by atoms with Crippen LogP contribution in [-0.4, -0.2) is 37.8 Å². The van der Waals surface area contributed by atoms with Crippen molar-refractivity contribution in [2.75, 3.05) is 19.8 Å². The minimum Gasteiger partial charge on any atom is -0.390 e. The average molecular weight is 316 g/mol. The van der Waals surface area contributed by atoms with Crippen molar-refractivity contribution >= 4 is 10.0 Å². The third kappa shape index (κ3) is 4.54. The molecule has 0 unspecified atom stereocenters. The van der Waals surface area contributed by atoms with Crippen molar-refractivity contribution in [1.82, 2.24) is 9.29 Å². The Labute approximate surface area is 126 Å². The summed E-state index contributed by atoms with van der Waals surface area (Å²) in [5.74, 6) is 0. The van der Waals surface area contributed by atoms with Crippen LogP contribution in [0.3, 0.4) is 0 Å². The molecule has 21 heavy (non-hydrogen) atoms. The largest absolute Gasteiger partial charge is 0.390 e. The lowest BCUT2D eigenvalue weighted by Crippen LogP contribution is -2.25. The maximum atomic E-state index is 12.2. The zero-order valence-electron chi connectivity index (χ0n) is 12.4. The first kappa shape index (κ1) is 16.5. The van der Waals surface area contributed by atoms with Gasteiger partial charge in [-0.15, -0.1) is 0 Å². The van der Waals surface area contributed by atoms with E-state index in [-0.39, 0.29) is 11.5 Å². The second-order valence-electron chi connectivity index (χ2n) is 5.33. The topological polar surface area (TPSA) is 80.6 Å². The molecular formula is C14H24N2O4S. The van der Waals surface area contributed by atoms with Gasteiger partial charge >= 0.3 is 0 Å². The van der Waals surface area contributed by atoms with Gasteiger partial charge in [-0.3, -0.25) is 0 Å². The molecule has 6 nitrogen and oxygen atoms in total. The van der Waals surface area contributed by atoms with Crippen molar-refractivity contribution in [3.05, 3.63) is 18.0 Å². The van der Waals surface area contributed by atoms with Crippen LogP contribution in [-0.2, 0) is 21.4 Å². The van der Waals surface area contributed by atoms with Crippen molar-refractivity contribution < 1.29 is 18.3 Å². The maximum absolute atomic E-state index is 12.2. The Kier molecular flexibility index (Phi) is 5.80. The molecule has 0 atom stereocenters. The molecule has 0 saturated heterocycles. The van der Waals surface area contributed by atoms with Gasteiger partial charge in [0.2, 0.25) is 10.0 Å². The lowest BCUT2D eigenvalue weighted by molar-refractivity contribution is 0.133. The number of ether oxygens (including phenoxy) is 1. The van der Waals surface area contributed by atoms with Gasteiger partial charge in [0.25, 0.3) is 0 Å². The summed E-state index contributed by atoms with van der Waals surface area (Å²) >= 11 is 0. The molecule has 0 aromatic carbocycles. The third-order valence-electron chi connectivity index (χ3n) is 3.43. The monoisotopic (exact) mass is 316 g/mol. The van der Waals surface area contributed by atoms with Gasteiger partial charge in [-0.05, 0) is 31.7 Å². The van der Waals surface area contributed by atoms with E-state index in [1.54, 1.807) is 12.3 Å². The van der Waals surface area contributed by atoms with E-state index >= 15 is 0 Å². The Morgan fingerprint density at radius 2 is 2.19 bits per heavy atom. The molecule has 0 bridgehead atoms. The quantitative estimate of drug-likeness (QED) is 0.640. The number of aromatic nitrogens is 1. The summed E-state index contributed by atoms with van der Waals surface area (Å²) in [5.41, 5.74) is 0.657. The van der Waals surface area contributed by atoms with Crippen LogP contribution in [0.4, 0.5) is 0 Å². The number of aliphatic hydroxyl groups is 1. The molecule has 0 radical (unpaired) electrons. The average Bonchev–Trinajstić information content (AvgIpc) is 3.21. The van der Waals surface area contributed by atoms with E-state index in [4.69, 9.17) is 4.74 Å². The molecule has 1 aromatic rings. The van der Waals surface area contributed by atoms with E-state index in [2.05, 4.69) is 4.72 Å². The van der Waals surface area contributed by atoms with E-state index < -0.39 is 10.0 Å². The number of nitrogens with zero attached hydrogens (tertiary/aromatic N) is 1. The van der Waals surface area contributed by atoms with Gasteiger partial charge in [0, 0.05) is 37.7 Å². The van der Waals surface area contributed by atoms with E-state index in [1.165, 1.54) is 0 Å². The summed E-state index contributed by atoms with van der Waals surface area (Å²) in [7, 11) is -3.51. The molecule has 1 aliphatic carbocycles. The Morgan fingerprint density at radius 1 is 1.43 bits per heavy atom. The molecule has 7 heteroatoms. The summed E-state index contributed by atoms with van der Waals surface area (Å²) in [6, 6.07) is 1.90. The summed E-state index contributed by atoms with van der Waals surface area (Å²) < 4.78 is 34.2. The number of hydrogen-bond acceptors (Lipinski definition) is 4. The number of hydrogen-bond donors (Lipinski definition) is 2. The minimum atomic E-state index is -3.51.